The fraction of sp³-hybridized carbons (Fsp3) is 0.889. The molecule has 0 aromatic heterocycles. The number of hydrogen-bond donors (Lipinski definition) is 0. The number of nitrogens with zero attached hydrogens (tertiary/aromatic N) is 1. The maximum absolute atomic E-state index is 12.1. The first-order valence-electron chi connectivity index (χ1n) is 4.81. The molecule has 0 atom stereocenters. The van der Waals surface area contributed by atoms with Crippen LogP contribution in [0.2, 0.25) is 0 Å². The zero-order chi connectivity index (χ0) is 11.9. The number of amides is 1. The molecule has 0 aliphatic carbocycles. The first-order valence-corrected chi connectivity index (χ1v) is 5.34. The second kappa shape index (κ2) is 6.93. The Bertz CT molecular complexity index is 196. The van der Waals surface area contributed by atoms with Gasteiger partial charge >= 0.3 is 6.18 Å². The second-order valence-corrected chi connectivity index (χ2v) is 3.60. The van der Waals surface area contributed by atoms with E-state index in [1.54, 1.807) is 0 Å². The molecule has 0 fully saturated rings. The molecule has 0 aromatic rings. The van der Waals surface area contributed by atoms with E-state index in [0.29, 0.717) is 6.42 Å². The minimum absolute atomic E-state index is 0.0403. The standard InChI is InChI=1S/C9H15ClF3NO/c1-2-3-6-14(7-9(11,12)13)8(15)4-5-10/h2-7H2,1H3. The van der Waals surface area contributed by atoms with Crippen molar-refractivity contribution >= 4 is 17.5 Å². The van der Waals surface area contributed by atoms with E-state index in [1.807, 2.05) is 6.92 Å². The fourth-order valence-electron chi connectivity index (χ4n) is 1.10. The molecule has 0 radical (unpaired) electrons. The molecule has 0 rings (SSSR count). The van der Waals surface area contributed by atoms with Gasteiger partial charge in [0.2, 0.25) is 5.91 Å². The average Bonchev–Trinajstić information content (AvgIpc) is 2.10. The highest BCUT2D eigenvalue weighted by atomic mass is 35.5. The van der Waals surface area contributed by atoms with Crippen LogP contribution >= 0.6 is 11.6 Å². The van der Waals surface area contributed by atoms with Gasteiger partial charge in [-0.25, -0.2) is 0 Å². The van der Waals surface area contributed by atoms with Crippen molar-refractivity contribution in [1.82, 2.24) is 4.90 Å². The molecule has 0 spiro atoms. The van der Waals surface area contributed by atoms with Crippen LogP contribution in [-0.4, -0.2) is 36.0 Å². The number of hydrogen-bond acceptors (Lipinski definition) is 1. The molecule has 0 heterocycles. The van der Waals surface area contributed by atoms with E-state index < -0.39 is 18.6 Å². The first kappa shape index (κ1) is 14.6. The fourth-order valence-corrected chi connectivity index (χ4v) is 1.26. The van der Waals surface area contributed by atoms with E-state index in [1.165, 1.54) is 0 Å². The predicted octanol–water partition coefficient (Wildman–Crippen LogP) is 2.81. The predicted molar refractivity (Wildman–Crippen MR) is 52.9 cm³/mol. The van der Waals surface area contributed by atoms with E-state index in [0.717, 1.165) is 11.3 Å². The van der Waals surface area contributed by atoms with Crippen LogP contribution in [0.5, 0.6) is 0 Å². The van der Waals surface area contributed by atoms with Gasteiger partial charge in [-0.05, 0) is 6.42 Å². The molecular weight excluding hydrogens is 231 g/mol. The van der Waals surface area contributed by atoms with Crippen LogP contribution in [0.1, 0.15) is 26.2 Å². The quantitative estimate of drug-likeness (QED) is 0.659. The normalized spacial score (nSPS) is 11.5. The van der Waals surface area contributed by atoms with Crippen LogP contribution in [0.15, 0.2) is 0 Å². The van der Waals surface area contributed by atoms with Gasteiger partial charge in [0.25, 0.3) is 0 Å². The lowest BCUT2D eigenvalue weighted by atomic mass is 10.3. The first-order chi connectivity index (χ1) is 6.90. The Morgan fingerprint density at radius 3 is 2.40 bits per heavy atom. The van der Waals surface area contributed by atoms with Crippen LogP contribution in [0, 0.1) is 0 Å². The maximum atomic E-state index is 12.1. The van der Waals surface area contributed by atoms with Gasteiger partial charge in [-0.3, -0.25) is 4.79 Å². The Hall–Kier alpha value is -0.450. The zero-order valence-electron chi connectivity index (χ0n) is 8.61. The van der Waals surface area contributed by atoms with E-state index in [4.69, 9.17) is 11.6 Å². The molecule has 0 unspecified atom stereocenters. The van der Waals surface area contributed by atoms with Crippen molar-refractivity contribution in [2.75, 3.05) is 19.0 Å². The van der Waals surface area contributed by atoms with Crippen molar-refractivity contribution in [1.29, 1.82) is 0 Å². The van der Waals surface area contributed by atoms with Crippen molar-refractivity contribution in [3.8, 4) is 0 Å². The van der Waals surface area contributed by atoms with E-state index in [2.05, 4.69) is 0 Å². The molecular formula is C9H15ClF3NO. The van der Waals surface area contributed by atoms with Crippen LogP contribution in [0.4, 0.5) is 13.2 Å². The monoisotopic (exact) mass is 245 g/mol. The summed E-state index contributed by atoms with van der Waals surface area (Å²) in [5, 5.41) is 0. The third-order valence-electron chi connectivity index (χ3n) is 1.81. The maximum Gasteiger partial charge on any atom is 0.406 e. The number of unbranched alkanes of at least 4 members (excludes halogenated alkanes) is 1. The topological polar surface area (TPSA) is 20.3 Å². The molecule has 0 bridgehead atoms. The van der Waals surface area contributed by atoms with Crippen molar-refractivity contribution in [2.24, 2.45) is 0 Å². The Balaban J connectivity index is 4.23. The van der Waals surface area contributed by atoms with Gasteiger partial charge in [0, 0.05) is 18.8 Å². The van der Waals surface area contributed by atoms with Crippen LogP contribution in [0.25, 0.3) is 0 Å². The SMILES string of the molecule is CCCCN(CC(F)(F)F)C(=O)CCCl. The molecule has 2 nitrogen and oxygen atoms in total. The van der Waals surface area contributed by atoms with Crippen molar-refractivity contribution in [3.05, 3.63) is 0 Å². The van der Waals surface area contributed by atoms with Gasteiger partial charge < -0.3 is 4.90 Å². The molecule has 15 heavy (non-hydrogen) atoms. The van der Waals surface area contributed by atoms with Crippen LogP contribution in [0.3, 0.4) is 0 Å². The summed E-state index contributed by atoms with van der Waals surface area (Å²) in [6, 6.07) is 0. The number of rotatable bonds is 6. The molecule has 0 aromatic carbocycles. The van der Waals surface area contributed by atoms with Gasteiger partial charge in [-0.2, -0.15) is 13.2 Å². The van der Waals surface area contributed by atoms with Gasteiger partial charge in [0.05, 0.1) is 0 Å². The smallest absolute Gasteiger partial charge is 0.334 e. The summed E-state index contributed by atoms with van der Waals surface area (Å²) in [7, 11) is 0. The molecule has 0 aliphatic heterocycles. The summed E-state index contributed by atoms with van der Waals surface area (Å²) in [4.78, 5) is 12.1. The largest absolute Gasteiger partial charge is 0.406 e. The van der Waals surface area contributed by atoms with Gasteiger partial charge in [0.15, 0.2) is 0 Å². The Morgan fingerprint density at radius 1 is 1.40 bits per heavy atom. The Morgan fingerprint density at radius 2 is 2.00 bits per heavy atom. The lowest BCUT2D eigenvalue weighted by molar-refractivity contribution is -0.161. The highest BCUT2D eigenvalue weighted by Crippen LogP contribution is 2.17. The minimum Gasteiger partial charge on any atom is -0.334 e. The zero-order valence-corrected chi connectivity index (χ0v) is 9.37. The molecule has 1 amide bonds. The van der Waals surface area contributed by atoms with Gasteiger partial charge in [-0.15, -0.1) is 11.6 Å². The lowest BCUT2D eigenvalue weighted by Crippen LogP contribution is -2.39. The average molecular weight is 246 g/mol. The third kappa shape index (κ3) is 7.48. The molecule has 90 valence electrons. The van der Waals surface area contributed by atoms with Crippen LogP contribution < -0.4 is 0 Å². The number of carbonyl (C=O) groups excluding carboxylic acids is 1. The van der Waals surface area contributed by atoms with Crippen LogP contribution in [-0.2, 0) is 4.79 Å². The van der Waals surface area contributed by atoms with E-state index >= 15 is 0 Å². The molecule has 6 heteroatoms. The second-order valence-electron chi connectivity index (χ2n) is 3.22. The molecule has 0 saturated carbocycles. The molecule has 0 aliphatic rings. The lowest BCUT2D eigenvalue weighted by Gasteiger charge is -2.23. The van der Waals surface area contributed by atoms with Crippen molar-refractivity contribution < 1.29 is 18.0 Å². The van der Waals surface area contributed by atoms with Gasteiger partial charge in [0.1, 0.15) is 6.54 Å². The van der Waals surface area contributed by atoms with E-state index in [9.17, 15) is 18.0 Å². The minimum atomic E-state index is -4.34. The molecule has 0 N–H and O–H groups in total. The number of carbonyl (C=O) groups is 1. The molecule has 0 saturated heterocycles. The summed E-state index contributed by atoms with van der Waals surface area (Å²) in [5.41, 5.74) is 0. The summed E-state index contributed by atoms with van der Waals surface area (Å²) < 4.78 is 36.3. The van der Waals surface area contributed by atoms with Crippen molar-refractivity contribution in [3.63, 3.8) is 0 Å². The Labute approximate surface area is 92.4 Å². The van der Waals surface area contributed by atoms with Gasteiger partial charge in [-0.1, -0.05) is 13.3 Å². The summed E-state index contributed by atoms with van der Waals surface area (Å²) in [6.07, 6.45) is -3.05. The highest BCUT2D eigenvalue weighted by molar-refractivity contribution is 6.18. The Kier molecular flexibility index (Phi) is 6.72. The van der Waals surface area contributed by atoms with Crippen molar-refractivity contribution in [2.45, 2.75) is 32.4 Å². The third-order valence-corrected chi connectivity index (χ3v) is 2.00. The number of halogens is 4. The highest BCUT2D eigenvalue weighted by Gasteiger charge is 2.32. The summed E-state index contributed by atoms with van der Waals surface area (Å²) in [6.45, 7) is 0.826. The summed E-state index contributed by atoms with van der Waals surface area (Å²) in [5.74, 6) is -0.477. The number of alkyl halides is 4. The summed E-state index contributed by atoms with van der Waals surface area (Å²) >= 11 is 5.32. The van der Waals surface area contributed by atoms with E-state index in [-0.39, 0.29) is 18.8 Å².